The van der Waals surface area contributed by atoms with Gasteiger partial charge in [-0.15, -0.1) is 10.2 Å². The maximum absolute atomic E-state index is 12.0. The van der Waals surface area contributed by atoms with Crippen molar-refractivity contribution in [2.75, 3.05) is 27.1 Å². The first-order valence-corrected chi connectivity index (χ1v) is 9.69. The van der Waals surface area contributed by atoms with Crippen LogP contribution in [-0.2, 0) is 4.79 Å². The summed E-state index contributed by atoms with van der Waals surface area (Å²) in [7, 11) is 4.62. The second-order valence-corrected chi connectivity index (χ2v) is 7.05. The Hall–Kier alpha value is -2.42. The lowest BCUT2D eigenvalue weighted by atomic mass is 10.2. The van der Waals surface area contributed by atoms with E-state index in [0.29, 0.717) is 40.0 Å². The van der Waals surface area contributed by atoms with E-state index in [4.69, 9.17) is 18.6 Å². The first kappa shape index (κ1) is 19.3. The highest BCUT2D eigenvalue weighted by Gasteiger charge is 2.19. The van der Waals surface area contributed by atoms with Gasteiger partial charge in [0.15, 0.2) is 11.5 Å². The van der Waals surface area contributed by atoms with E-state index >= 15 is 0 Å². The monoisotopic (exact) mass is 393 g/mol. The fraction of sp³-hybridized carbons (Fsp3) is 0.500. The molecular formula is C18H23N3O5S. The number of ether oxygens (including phenoxy) is 3. The fourth-order valence-corrected chi connectivity index (χ4v) is 3.63. The van der Waals surface area contributed by atoms with Gasteiger partial charge in [-0.1, -0.05) is 24.6 Å². The van der Waals surface area contributed by atoms with Gasteiger partial charge in [-0.25, -0.2) is 0 Å². The van der Waals surface area contributed by atoms with Crippen LogP contribution in [0.25, 0.3) is 11.5 Å². The summed E-state index contributed by atoms with van der Waals surface area (Å²) in [6, 6.07) is 3.77. The third-order valence-electron chi connectivity index (χ3n) is 4.37. The van der Waals surface area contributed by atoms with Gasteiger partial charge in [0.25, 0.3) is 5.22 Å². The highest BCUT2D eigenvalue weighted by molar-refractivity contribution is 7.99. The standard InChI is InChI=1S/C18H23N3O5S/c1-23-13-8-11(9-14(24-2)16(13)25-3)17-20-21-18(26-17)27-10-15(22)19-12-6-4-5-7-12/h8-9,12H,4-7,10H2,1-3H3,(H,19,22). The number of amides is 1. The van der Waals surface area contributed by atoms with E-state index in [1.165, 1.54) is 31.7 Å². The van der Waals surface area contributed by atoms with Crippen molar-refractivity contribution in [1.82, 2.24) is 15.5 Å². The van der Waals surface area contributed by atoms with Crippen LogP contribution < -0.4 is 19.5 Å². The van der Waals surface area contributed by atoms with Gasteiger partial charge in [-0.3, -0.25) is 4.79 Å². The molecule has 1 fully saturated rings. The molecule has 1 aliphatic rings. The molecule has 2 aromatic rings. The predicted molar refractivity (Wildman–Crippen MR) is 101 cm³/mol. The molecule has 1 aromatic heterocycles. The number of carbonyl (C=O) groups is 1. The molecule has 0 atom stereocenters. The largest absolute Gasteiger partial charge is 0.493 e. The number of nitrogens with zero attached hydrogens (tertiary/aromatic N) is 2. The van der Waals surface area contributed by atoms with Gasteiger partial charge < -0.3 is 23.9 Å². The Morgan fingerprint density at radius 2 is 1.81 bits per heavy atom. The minimum Gasteiger partial charge on any atom is -0.493 e. The molecule has 3 rings (SSSR count). The first-order chi connectivity index (χ1) is 13.1. The Morgan fingerprint density at radius 3 is 2.41 bits per heavy atom. The molecule has 27 heavy (non-hydrogen) atoms. The average molecular weight is 393 g/mol. The Balaban J connectivity index is 1.67. The predicted octanol–water partition coefficient (Wildman–Crippen LogP) is 2.91. The molecule has 0 radical (unpaired) electrons. The molecular weight excluding hydrogens is 370 g/mol. The number of thioether (sulfide) groups is 1. The van der Waals surface area contributed by atoms with Gasteiger partial charge in [0.1, 0.15) is 0 Å². The minimum absolute atomic E-state index is 0.0144. The van der Waals surface area contributed by atoms with Crippen LogP contribution >= 0.6 is 11.8 Å². The normalized spacial score (nSPS) is 14.2. The minimum atomic E-state index is -0.0144. The lowest BCUT2D eigenvalue weighted by molar-refractivity contribution is -0.119. The molecule has 146 valence electrons. The van der Waals surface area contributed by atoms with Crippen LogP contribution in [0.3, 0.4) is 0 Å². The van der Waals surface area contributed by atoms with Crippen LogP contribution in [0.4, 0.5) is 0 Å². The Morgan fingerprint density at radius 1 is 1.15 bits per heavy atom. The van der Waals surface area contributed by atoms with Crippen molar-refractivity contribution in [2.24, 2.45) is 0 Å². The highest BCUT2D eigenvalue weighted by atomic mass is 32.2. The van der Waals surface area contributed by atoms with Gasteiger partial charge in [-0.05, 0) is 25.0 Å². The number of methoxy groups -OCH3 is 3. The molecule has 0 spiro atoms. The highest BCUT2D eigenvalue weighted by Crippen LogP contribution is 2.41. The molecule has 0 bridgehead atoms. The first-order valence-electron chi connectivity index (χ1n) is 8.70. The third-order valence-corrected chi connectivity index (χ3v) is 5.18. The van der Waals surface area contributed by atoms with Gasteiger partial charge in [0.2, 0.25) is 17.5 Å². The SMILES string of the molecule is COc1cc(-c2nnc(SCC(=O)NC3CCCC3)o2)cc(OC)c1OC. The summed E-state index contributed by atoms with van der Waals surface area (Å²) >= 11 is 1.22. The third kappa shape index (κ3) is 4.65. The zero-order valence-electron chi connectivity index (χ0n) is 15.6. The molecule has 1 heterocycles. The van der Waals surface area contributed by atoms with Gasteiger partial charge in [0, 0.05) is 11.6 Å². The van der Waals surface area contributed by atoms with E-state index in [9.17, 15) is 4.79 Å². The van der Waals surface area contributed by atoms with Crippen LogP contribution in [0.5, 0.6) is 17.2 Å². The van der Waals surface area contributed by atoms with Crippen LogP contribution in [0.2, 0.25) is 0 Å². The molecule has 1 aliphatic carbocycles. The molecule has 1 N–H and O–H groups in total. The number of carbonyl (C=O) groups excluding carboxylic acids is 1. The van der Waals surface area contributed by atoms with E-state index in [1.54, 1.807) is 26.4 Å². The molecule has 1 saturated carbocycles. The maximum atomic E-state index is 12.0. The number of nitrogens with one attached hydrogen (secondary N) is 1. The zero-order valence-corrected chi connectivity index (χ0v) is 16.4. The van der Waals surface area contributed by atoms with Crippen molar-refractivity contribution < 1.29 is 23.4 Å². The van der Waals surface area contributed by atoms with Gasteiger partial charge in [-0.2, -0.15) is 0 Å². The molecule has 1 aromatic carbocycles. The molecule has 8 nitrogen and oxygen atoms in total. The number of benzene rings is 1. The average Bonchev–Trinajstić information content (AvgIpc) is 3.37. The van der Waals surface area contributed by atoms with E-state index < -0.39 is 0 Å². The number of hydrogen-bond acceptors (Lipinski definition) is 8. The second kappa shape index (κ2) is 8.98. The lowest BCUT2D eigenvalue weighted by Crippen LogP contribution is -2.33. The fourth-order valence-electron chi connectivity index (χ4n) is 3.06. The van der Waals surface area contributed by atoms with Crippen molar-refractivity contribution in [3.8, 4) is 28.7 Å². The van der Waals surface area contributed by atoms with E-state index in [-0.39, 0.29) is 11.7 Å². The summed E-state index contributed by atoms with van der Waals surface area (Å²) < 4.78 is 21.7. The summed E-state index contributed by atoms with van der Waals surface area (Å²) in [5.41, 5.74) is 0.638. The van der Waals surface area contributed by atoms with Crippen molar-refractivity contribution in [3.63, 3.8) is 0 Å². The van der Waals surface area contributed by atoms with Gasteiger partial charge >= 0.3 is 0 Å². The summed E-state index contributed by atoms with van der Waals surface area (Å²) in [5.74, 6) is 2.02. The molecule has 1 amide bonds. The molecule has 9 heteroatoms. The van der Waals surface area contributed by atoms with Crippen LogP contribution in [0.15, 0.2) is 21.8 Å². The number of hydrogen-bond donors (Lipinski definition) is 1. The van der Waals surface area contributed by atoms with Crippen molar-refractivity contribution in [3.05, 3.63) is 12.1 Å². The van der Waals surface area contributed by atoms with Crippen molar-refractivity contribution in [2.45, 2.75) is 36.9 Å². The van der Waals surface area contributed by atoms with E-state index in [0.717, 1.165) is 12.8 Å². The molecule has 0 aliphatic heterocycles. The maximum Gasteiger partial charge on any atom is 0.277 e. The Bertz CT molecular complexity index is 764. The van der Waals surface area contributed by atoms with Gasteiger partial charge in [0.05, 0.1) is 27.1 Å². The topological polar surface area (TPSA) is 95.7 Å². The smallest absolute Gasteiger partial charge is 0.277 e. The second-order valence-electron chi connectivity index (χ2n) is 6.12. The van der Waals surface area contributed by atoms with Crippen LogP contribution in [0, 0.1) is 0 Å². The summed E-state index contributed by atoms with van der Waals surface area (Å²) in [4.78, 5) is 12.0. The number of aromatic nitrogens is 2. The lowest BCUT2D eigenvalue weighted by Gasteiger charge is -2.12. The van der Waals surface area contributed by atoms with Crippen LogP contribution in [-0.4, -0.2) is 49.2 Å². The summed E-state index contributed by atoms with van der Waals surface area (Å²) in [6.07, 6.45) is 4.48. The Labute approximate surface area is 162 Å². The number of rotatable bonds is 8. The molecule has 0 unspecified atom stereocenters. The summed E-state index contributed by atoms with van der Waals surface area (Å²) in [6.45, 7) is 0. The van der Waals surface area contributed by atoms with Crippen molar-refractivity contribution >= 4 is 17.7 Å². The Kier molecular flexibility index (Phi) is 6.44. The van der Waals surface area contributed by atoms with Crippen molar-refractivity contribution in [1.29, 1.82) is 0 Å². The quantitative estimate of drug-likeness (QED) is 0.684. The zero-order chi connectivity index (χ0) is 19.2. The molecule has 0 saturated heterocycles. The summed E-state index contributed by atoms with van der Waals surface area (Å²) in [5, 5.41) is 11.4. The van der Waals surface area contributed by atoms with E-state index in [2.05, 4.69) is 15.5 Å². The van der Waals surface area contributed by atoms with Crippen LogP contribution in [0.1, 0.15) is 25.7 Å². The van der Waals surface area contributed by atoms with E-state index in [1.807, 2.05) is 0 Å².